The van der Waals surface area contributed by atoms with Gasteiger partial charge in [0.15, 0.2) is 0 Å². The first kappa shape index (κ1) is 9.65. The Morgan fingerprint density at radius 2 is 1.93 bits per heavy atom. The molecule has 2 N–H and O–H groups in total. The highest BCUT2D eigenvalue weighted by Crippen LogP contribution is 2.23. The summed E-state index contributed by atoms with van der Waals surface area (Å²) in [5, 5.41) is 0. The molecule has 0 radical (unpaired) electrons. The van der Waals surface area contributed by atoms with Crippen LogP contribution in [0.3, 0.4) is 0 Å². The zero-order valence-electron chi connectivity index (χ0n) is 8.86. The Morgan fingerprint density at radius 1 is 1.13 bits per heavy atom. The second kappa shape index (κ2) is 3.69. The summed E-state index contributed by atoms with van der Waals surface area (Å²) in [6, 6.07) is 7.95. The molecule has 3 nitrogen and oxygen atoms in total. The standard InChI is InChI=1S/C12H13N3/c1-8-4-3-5-10(9(8)2)11-6-12(13)15-7-14-11/h3-7H,1-2H3,(H2,13,14,15). The van der Waals surface area contributed by atoms with Gasteiger partial charge < -0.3 is 5.73 Å². The summed E-state index contributed by atoms with van der Waals surface area (Å²) in [5.41, 5.74) is 10.1. The third-order valence-electron chi connectivity index (χ3n) is 2.57. The average Bonchev–Trinajstić information content (AvgIpc) is 2.22. The van der Waals surface area contributed by atoms with E-state index in [0.29, 0.717) is 5.82 Å². The van der Waals surface area contributed by atoms with Gasteiger partial charge in [0.25, 0.3) is 0 Å². The van der Waals surface area contributed by atoms with Crippen LogP contribution >= 0.6 is 0 Å². The van der Waals surface area contributed by atoms with Gasteiger partial charge in [0.1, 0.15) is 12.1 Å². The van der Waals surface area contributed by atoms with E-state index in [1.807, 2.05) is 12.1 Å². The Labute approximate surface area is 89.0 Å². The van der Waals surface area contributed by atoms with Crippen LogP contribution in [-0.4, -0.2) is 9.97 Å². The maximum absolute atomic E-state index is 5.63. The molecule has 1 aromatic heterocycles. The van der Waals surface area contributed by atoms with Gasteiger partial charge in [0.05, 0.1) is 5.69 Å². The molecular formula is C12H13N3. The van der Waals surface area contributed by atoms with Crippen LogP contribution in [0.15, 0.2) is 30.6 Å². The lowest BCUT2D eigenvalue weighted by Crippen LogP contribution is -1.94. The van der Waals surface area contributed by atoms with E-state index in [1.54, 1.807) is 6.07 Å². The van der Waals surface area contributed by atoms with Crippen molar-refractivity contribution in [3.63, 3.8) is 0 Å². The highest BCUT2D eigenvalue weighted by molar-refractivity contribution is 5.66. The normalized spacial score (nSPS) is 10.3. The predicted octanol–water partition coefficient (Wildman–Crippen LogP) is 2.34. The van der Waals surface area contributed by atoms with Gasteiger partial charge in [-0.05, 0) is 25.0 Å². The number of aromatic nitrogens is 2. The number of rotatable bonds is 1. The molecule has 0 aliphatic heterocycles. The van der Waals surface area contributed by atoms with Crippen LogP contribution in [0.1, 0.15) is 11.1 Å². The average molecular weight is 199 g/mol. The summed E-state index contributed by atoms with van der Waals surface area (Å²) in [5.74, 6) is 0.501. The Bertz CT molecular complexity index is 492. The highest BCUT2D eigenvalue weighted by atomic mass is 14.9. The van der Waals surface area contributed by atoms with Crippen molar-refractivity contribution in [3.05, 3.63) is 41.7 Å². The number of hydrogen-bond acceptors (Lipinski definition) is 3. The minimum absolute atomic E-state index is 0.501. The molecule has 0 saturated heterocycles. The zero-order chi connectivity index (χ0) is 10.8. The molecule has 0 fully saturated rings. The van der Waals surface area contributed by atoms with Crippen molar-refractivity contribution in [1.82, 2.24) is 9.97 Å². The van der Waals surface area contributed by atoms with Gasteiger partial charge in [0.2, 0.25) is 0 Å². The topological polar surface area (TPSA) is 51.8 Å². The Morgan fingerprint density at radius 3 is 2.67 bits per heavy atom. The molecule has 0 aliphatic rings. The van der Waals surface area contributed by atoms with E-state index < -0.39 is 0 Å². The summed E-state index contributed by atoms with van der Waals surface area (Å²) in [7, 11) is 0. The van der Waals surface area contributed by atoms with Crippen LogP contribution in [0.5, 0.6) is 0 Å². The summed E-state index contributed by atoms with van der Waals surface area (Å²) in [6.07, 6.45) is 1.49. The Balaban J connectivity index is 2.59. The molecule has 15 heavy (non-hydrogen) atoms. The van der Waals surface area contributed by atoms with Gasteiger partial charge in [0, 0.05) is 11.6 Å². The van der Waals surface area contributed by atoms with E-state index in [0.717, 1.165) is 11.3 Å². The first-order valence-electron chi connectivity index (χ1n) is 4.82. The van der Waals surface area contributed by atoms with Crippen molar-refractivity contribution in [2.24, 2.45) is 0 Å². The smallest absolute Gasteiger partial charge is 0.127 e. The zero-order valence-corrected chi connectivity index (χ0v) is 8.86. The quantitative estimate of drug-likeness (QED) is 0.767. The van der Waals surface area contributed by atoms with Gasteiger partial charge in [-0.1, -0.05) is 18.2 Å². The molecule has 0 aliphatic carbocycles. The molecule has 0 saturated carbocycles. The maximum Gasteiger partial charge on any atom is 0.127 e. The molecule has 0 amide bonds. The maximum atomic E-state index is 5.63. The van der Waals surface area contributed by atoms with E-state index in [2.05, 4.69) is 29.9 Å². The lowest BCUT2D eigenvalue weighted by atomic mass is 10.0. The van der Waals surface area contributed by atoms with E-state index in [9.17, 15) is 0 Å². The van der Waals surface area contributed by atoms with Crippen LogP contribution in [0.2, 0.25) is 0 Å². The molecule has 0 bridgehead atoms. The van der Waals surface area contributed by atoms with Crippen molar-refractivity contribution in [2.75, 3.05) is 5.73 Å². The fourth-order valence-corrected chi connectivity index (χ4v) is 1.55. The van der Waals surface area contributed by atoms with E-state index in [1.165, 1.54) is 17.5 Å². The van der Waals surface area contributed by atoms with Crippen molar-refractivity contribution in [2.45, 2.75) is 13.8 Å². The van der Waals surface area contributed by atoms with Crippen molar-refractivity contribution in [1.29, 1.82) is 0 Å². The number of nitrogen functional groups attached to an aromatic ring is 1. The van der Waals surface area contributed by atoms with Crippen molar-refractivity contribution in [3.8, 4) is 11.3 Å². The monoisotopic (exact) mass is 199 g/mol. The fourth-order valence-electron chi connectivity index (χ4n) is 1.55. The second-order valence-electron chi connectivity index (χ2n) is 3.58. The summed E-state index contributed by atoms with van der Waals surface area (Å²) >= 11 is 0. The number of anilines is 1. The van der Waals surface area contributed by atoms with Gasteiger partial charge in [-0.25, -0.2) is 9.97 Å². The molecule has 76 valence electrons. The fraction of sp³-hybridized carbons (Fsp3) is 0.167. The lowest BCUT2D eigenvalue weighted by molar-refractivity contribution is 1.17. The minimum Gasteiger partial charge on any atom is -0.384 e. The van der Waals surface area contributed by atoms with Gasteiger partial charge in [-0.2, -0.15) is 0 Å². The van der Waals surface area contributed by atoms with E-state index >= 15 is 0 Å². The van der Waals surface area contributed by atoms with Crippen molar-refractivity contribution >= 4 is 5.82 Å². The van der Waals surface area contributed by atoms with E-state index in [4.69, 9.17) is 5.73 Å². The van der Waals surface area contributed by atoms with Gasteiger partial charge >= 0.3 is 0 Å². The van der Waals surface area contributed by atoms with Crippen LogP contribution in [0, 0.1) is 13.8 Å². The number of hydrogen-bond donors (Lipinski definition) is 1. The van der Waals surface area contributed by atoms with Gasteiger partial charge in [-0.3, -0.25) is 0 Å². The molecule has 0 atom stereocenters. The summed E-state index contributed by atoms with van der Waals surface area (Å²) in [6.45, 7) is 4.17. The highest BCUT2D eigenvalue weighted by Gasteiger charge is 2.04. The molecule has 1 heterocycles. The molecule has 2 rings (SSSR count). The molecule has 0 spiro atoms. The van der Waals surface area contributed by atoms with Crippen molar-refractivity contribution < 1.29 is 0 Å². The minimum atomic E-state index is 0.501. The summed E-state index contributed by atoms with van der Waals surface area (Å²) < 4.78 is 0. The number of aryl methyl sites for hydroxylation is 1. The number of nitrogens with zero attached hydrogens (tertiary/aromatic N) is 2. The molecular weight excluding hydrogens is 186 g/mol. The van der Waals surface area contributed by atoms with Gasteiger partial charge in [-0.15, -0.1) is 0 Å². The van der Waals surface area contributed by atoms with Crippen LogP contribution < -0.4 is 5.73 Å². The predicted molar refractivity (Wildman–Crippen MR) is 61.4 cm³/mol. The SMILES string of the molecule is Cc1cccc(-c2cc(N)ncn2)c1C. The Kier molecular flexibility index (Phi) is 2.37. The molecule has 2 aromatic rings. The van der Waals surface area contributed by atoms with Crippen LogP contribution in [0.25, 0.3) is 11.3 Å². The Hall–Kier alpha value is -1.90. The third kappa shape index (κ3) is 1.81. The van der Waals surface area contributed by atoms with Crippen LogP contribution in [-0.2, 0) is 0 Å². The number of benzene rings is 1. The molecule has 3 heteroatoms. The third-order valence-corrected chi connectivity index (χ3v) is 2.57. The second-order valence-corrected chi connectivity index (χ2v) is 3.58. The lowest BCUT2D eigenvalue weighted by Gasteiger charge is -2.07. The van der Waals surface area contributed by atoms with Crippen LogP contribution in [0.4, 0.5) is 5.82 Å². The largest absolute Gasteiger partial charge is 0.384 e. The molecule has 0 unspecified atom stereocenters. The van der Waals surface area contributed by atoms with E-state index in [-0.39, 0.29) is 0 Å². The first-order chi connectivity index (χ1) is 7.18. The first-order valence-corrected chi connectivity index (χ1v) is 4.82. The summed E-state index contributed by atoms with van der Waals surface area (Å²) in [4.78, 5) is 8.10. The number of nitrogens with two attached hydrogens (primary N) is 1. The molecule has 1 aromatic carbocycles.